The van der Waals surface area contributed by atoms with Gasteiger partial charge in [0.25, 0.3) is 0 Å². The van der Waals surface area contributed by atoms with Crippen LogP contribution in [0, 0.1) is 5.92 Å². The maximum absolute atomic E-state index is 11.6. The Morgan fingerprint density at radius 2 is 1.88 bits per heavy atom. The zero-order valence-electron chi connectivity index (χ0n) is 10.3. The van der Waals surface area contributed by atoms with Crippen molar-refractivity contribution in [2.45, 2.75) is 26.3 Å². The smallest absolute Gasteiger partial charge is 0.237 e. The van der Waals surface area contributed by atoms with E-state index in [4.69, 9.17) is 5.73 Å². The standard InChI is InChI=1S/C13H20N2O.ClH/c1-10(2)9-15-13(16)12(14)8-11-6-4-3-5-7-11;/h3-7,10,12H,8-9,14H2,1-2H3,(H,15,16);1H/t12-;/m0./s1. The summed E-state index contributed by atoms with van der Waals surface area (Å²) >= 11 is 0. The lowest BCUT2D eigenvalue weighted by molar-refractivity contribution is -0.122. The van der Waals surface area contributed by atoms with Gasteiger partial charge in [-0.2, -0.15) is 0 Å². The van der Waals surface area contributed by atoms with Crippen molar-refractivity contribution in [3.8, 4) is 0 Å². The second-order valence-electron chi connectivity index (χ2n) is 4.44. The first-order chi connectivity index (χ1) is 7.59. The first-order valence-electron chi connectivity index (χ1n) is 5.67. The van der Waals surface area contributed by atoms with Gasteiger partial charge in [0, 0.05) is 6.54 Å². The molecular formula is C13H21ClN2O. The molecule has 96 valence electrons. The molecule has 0 radical (unpaired) electrons. The van der Waals surface area contributed by atoms with Gasteiger partial charge < -0.3 is 11.1 Å². The summed E-state index contributed by atoms with van der Waals surface area (Å²) in [6.45, 7) is 4.80. The van der Waals surface area contributed by atoms with Crippen LogP contribution in [0.25, 0.3) is 0 Å². The van der Waals surface area contributed by atoms with Crippen LogP contribution in [0.5, 0.6) is 0 Å². The Kier molecular flexibility index (Phi) is 7.59. The number of nitrogens with one attached hydrogen (secondary N) is 1. The molecule has 1 amide bonds. The summed E-state index contributed by atoms with van der Waals surface area (Å²) in [5.74, 6) is 0.380. The van der Waals surface area contributed by atoms with Crippen molar-refractivity contribution in [1.29, 1.82) is 0 Å². The van der Waals surface area contributed by atoms with Crippen molar-refractivity contribution < 1.29 is 4.79 Å². The van der Waals surface area contributed by atoms with E-state index in [1.54, 1.807) is 0 Å². The van der Waals surface area contributed by atoms with E-state index >= 15 is 0 Å². The van der Waals surface area contributed by atoms with Gasteiger partial charge in [0.1, 0.15) is 0 Å². The number of halogens is 1. The fraction of sp³-hybridized carbons (Fsp3) is 0.462. The molecule has 17 heavy (non-hydrogen) atoms. The molecule has 0 fully saturated rings. The van der Waals surface area contributed by atoms with Crippen molar-refractivity contribution in [3.63, 3.8) is 0 Å². The number of hydrogen-bond acceptors (Lipinski definition) is 2. The first kappa shape index (κ1) is 15.9. The highest BCUT2D eigenvalue weighted by molar-refractivity contribution is 5.85. The number of benzene rings is 1. The van der Waals surface area contributed by atoms with Gasteiger partial charge >= 0.3 is 0 Å². The van der Waals surface area contributed by atoms with E-state index in [-0.39, 0.29) is 18.3 Å². The van der Waals surface area contributed by atoms with Gasteiger partial charge in [0.15, 0.2) is 0 Å². The number of rotatable bonds is 5. The molecule has 3 N–H and O–H groups in total. The molecular weight excluding hydrogens is 236 g/mol. The van der Waals surface area contributed by atoms with E-state index in [1.165, 1.54) is 0 Å². The number of nitrogens with two attached hydrogens (primary N) is 1. The van der Waals surface area contributed by atoms with Crippen LogP contribution in [0.4, 0.5) is 0 Å². The minimum absolute atomic E-state index is 0. The third kappa shape index (κ3) is 6.29. The summed E-state index contributed by atoms with van der Waals surface area (Å²) in [5.41, 5.74) is 6.92. The van der Waals surface area contributed by atoms with Crippen LogP contribution in [-0.4, -0.2) is 18.5 Å². The Labute approximate surface area is 109 Å². The monoisotopic (exact) mass is 256 g/mol. The molecule has 1 aromatic carbocycles. The Morgan fingerprint density at radius 1 is 1.29 bits per heavy atom. The fourth-order valence-electron chi connectivity index (χ4n) is 1.40. The van der Waals surface area contributed by atoms with Crippen molar-refractivity contribution in [2.24, 2.45) is 11.7 Å². The Balaban J connectivity index is 0.00000256. The molecule has 0 saturated carbocycles. The molecule has 3 nitrogen and oxygen atoms in total. The number of amides is 1. The molecule has 0 aromatic heterocycles. The SMILES string of the molecule is CC(C)CNC(=O)[C@@H](N)Cc1ccccc1.Cl. The number of hydrogen-bond donors (Lipinski definition) is 2. The van der Waals surface area contributed by atoms with Gasteiger partial charge in [-0.15, -0.1) is 12.4 Å². The van der Waals surface area contributed by atoms with E-state index in [1.807, 2.05) is 30.3 Å². The molecule has 1 atom stereocenters. The fourth-order valence-corrected chi connectivity index (χ4v) is 1.40. The van der Waals surface area contributed by atoms with Gasteiger partial charge in [-0.1, -0.05) is 44.2 Å². The van der Waals surface area contributed by atoms with Crippen molar-refractivity contribution in [3.05, 3.63) is 35.9 Å². The summed E-state index contributed by atoms with van der Waals surface area (Å²) in [7, 11) is 0. The second-order valence-corrected chi connectivity index (χ2v) is 4.44. The molecule has 0 bridgehead atoms. The van der Waals surface area contributed by atoms with E-state index in [0.29, 0.717) is 18.9 Å². The van der Waals surface area contributed by atoms with Gasteiger partial charge in [-0.25, -0.2) is 0 Å². The molecule has 4 heteroatoms. The molecule has 0 saturated heterocycles. The van der Waals surface area contributed by atoms with E-state index < -0.39 is 6.04 Å². The lowest BCUT2D eigenvalue weighted by Crippen LogP contribution is -2.43. The highest BCUT2D eigenvalue weighted by atomic mass is 35.5. The first-order valence-corrected chi connectivity index (χ1v) is 5.67. The Bertz CT molecular complexity index is 327. The van der Waals surface area contributed by atoms with Crippen LogP contribution < -0.4 is 11.1 Å². The zero-order valence-corrected chi connectivity index (χ0v) is 11.2. The number of carbonyl (C=O) groups excluding carboxylic acids is 1. The lowest BCUT2D eigenvalue weighted by atomic mass is 10.1. The van der Waals surface area contributed by atoms with Crippen LogP contribution in [-0.2, 0) is 11.2 Å². The number of carbonyl (C=O) groups is 1. The molecule has 1 aromatic rings. The average Bonchev–Trinajstić information content (AvgIpc) is 2.27. The second kappa shape index (κ2) is 8.09. The lowest BCUT2D eigenvalue weighted by Gasteiger charge is -2.13. The average molecular weight is 257 g/mol. The molecule has 0 aliphatic rings. The quantitative estimate of drug-likeness (QED) is 0.843. The maximum atomic E-state index is 11.6. The van der Waals surface area contributed by atoms with Crippen molar-refractivity contribution in [1.82, 2.24) is 5.32 Å². The summed E-state index contributed by atoms with van der Waals surface area (Å²) in [6, 6.07) is 9.36. The third-order valence-corrected chi connectivity index (χ3v) is 2.32. The van der Waals surface area contributed by atoms with E-state index in [0.717, 1.165) is 5.56 Å². The molecule has 0 unspecified atom stereocenters. The molecule has 0 heterocycles. The molecule has 0 spiro atoms. The molecule has 0 aliphatic carbocycles. The van der Waals surface area contributed by atoms with Crippen LogP contribution in [0.3, 0.4) is 0 Å². The van der Waals surface area contributed by atoms with Crippen molar-refractivity contribution in [2.75, 3.05) is 6.54 Å². The Hall–Kier alpha value is -1.06. The summed E-state index contributed by atoms with van der Waals surface area (Å²) < 4.78 is 0. The Morgan fingerprint density at radius 3 is 2.41 bits per heavy atom. The minimum Gasteiger partial charge on any atom is -0.354 e. The van der Waals surface area contributed by atoms with Crippen LogP contribution in [0.2, 0.25) is 0 Å². The summed E-state index contributed by atoms with van der Waals surface area (Å²) in [5, 5.41) is 2.84. The molecule has 0 aliphatic heterocycles. The van der Waals surface area contributed by atoms with Crippen LogP contribution in [0.15, 0.2) is 30.3 Å². The largest absolute Gasteiger partial charge is 0.354 e. The van der Waals surface area contributed by atoms with E-state index in [2.05, 4.69) is 19.2 Å². The van der Waals surface area contributed by atoms with E-state index in [9.17, 15) is 4.79 Å². The maximum Gasteiger partial charge on any atom is 0.237 e. The normalized spacial score (nSPS) is 11.8. The van der Waals surface area contributed by atoms with Gasteiger partial charge in [-0.05, 0) is 17.9 Å². The predicted molar refractivity (Wildman–Crippen MR) is 73.2 cm³/mol. The summed E-state index contributed by atoms with van der Waals surface area (Å²) in [4.78, 5) is 11.6. The van der Waals surface area contributed by atoms with Crippen LogP contribution in [0.1, 0.15) is 19.4 Å². The van der Waals surface area contributed by atoms with Gasteiger partial charge in [-0.3, -0.25) is 4.79 Å². The minimum atomic E-state index is -0.457. The van der Waals surface area contributed by atoms with Gasteiger partial charge in [0.2, 0.25) is 5.91 Å². The topological polar surface area (TPSA) is 55.1 Å². The highest BCUT2D eigenvalue weighted by Crippen LogP contribution is 2.01. The summed E-state index contributed by atoms with van der Waals surface area (Å²) in [6.07, 6.45) is 0.588. The zero-order chi connectivity index (χ0) is 12.0. The predicted octanol–water partition coefficient (Wildman–Crippen LogP) is 1.75. The molecule has 1 rings (SSSR count). The van der Waals surface area contributed by atoms with Gasteiger partial charge in [0.05, 0.1) is 6.04 Å². The third-order valence-electron chi connectivity index (χ3n) is 2.32. The van der Waals surface area contributed by atoms with Crippen molar-refractivity contribution >= 4 is 18.3 Å². The van der Waals surface area contributed by atoms with Crippen LogP contribution >= 0.6 is 12.4 Å². The highest BCUT2D eigenvalue weighted by Gasteiger charge is 2.13.